The SMILES string of the molecule is CC/C=C\C/C=C\C/C=C\C/C=C\C/C=C\CC(=O)NC(COP(=O)(O)OCC[N+](C)(C)C)C(O)/C=C/CC/C=C/CC/C=C/CCCCCCCCCCCCCCCCCCCCC. The molecule has 0 rings (SSSR count). The lowest BCUT2D eigenvalue weighted by Gasteiger charge is -2.25. The van der Waals surface area contributed by atoms with Crippen molar-refractivity contribution in [3.8, 4) is 0 Å². The number of hydrogen-bond acceptors (Lipinski definition) is 5. The molecule has 0 aliphatic rings. The van der Waals surface area contributed by atoms with Gasteiger partial charge >= 0.3 is 7.82 Å². The maximum atomic E-state index is 12.8. The lowest BCUT2D eigenvalue weighted by Crippen LogP contribution is -2.45. The van der Waals surface area contributed by atoms with Crippen molar-refractivity contribution in [2.75, 3.05) is 40.9 Å². The highest BCUT2D eigenvalue weighted by Crippen LogP contribution is 2.43. The Kier molecular flexibility index (Phi) is 45.6. The number of rotatable bonds is 47. The number of likely N-dealkylation sites (N-methyl/N-ethyl adjacent to an activating group) is 1. The van der Waals surface area contributed by atoms with Gasteiger partial charge in [-0.2, -0.15) is 0 Å². The first-order valence-electron chi connectivity index (χ1n) is 26.6. The molecule has 0 aromatic carbocycles. The first-order valence-corrected chi connectivity index (χ1v) is 28.1. The third-order valence-corrected chi connectivity index (χ3v) is 12.3. The number of phosphoric ester groups is 1. The van der Waals surface area contributed by atoms with Crippen LogP contribution >= 0.6 is 7.82 Å². The molecule has 0 radical (unpaired) electrons. The molecule has 0 aliphatic carbocycles. The Balaban J connectivity index is 4.37. The number of amides is 1. The van der Waals surface area contributed by atoms with Crippen LogP contribution in [0.3, 0.4) is 0 Å². The zero-order valence-electron chi connectivity index (χ0n) is 43.1. The maximum Gasteiger partial charge on any atom is 0.472 e. The largest absolute Gasteiger partial charge is 0.472 e. The number of aliphatic hydroxyl groups excluding tert-OH is 1. The van der Waals surface area contributed by atoms with E-state index in [-0.39, 0.29) is 25.5 Å². The van der Waals surface area contributed by atoms with Gasteiger partial charge in [0.05, 0.1) is 39.9 Å². The highest BCUT2D eigenvalue weighted by atomic mass is 31.2. The predicted molar refractivity (Wildman–Crippen MR) is 286 cm³/mol. The van der Waals surface area contributed by atoms with Crippen molar-refractivity contribution in [3.63, 3.8) is 0 Å². The Bertz CT molecular complexity index is 1390. The summed E-state index contributed by atoms with van der Waals surface area (Å²) < 4.78 is 23.5. The number of unbranched alkanes of at least 4 members (excludes halogenated alkanes) is 21. The van der Waals surface area contributed by atoms with E-state index >= 15 is 0 Å². The van der Waals surface area contributed by atoms with Gasteiger partial charge in [-0.05, 0) is 70.6 Å². The Morgan fingerprint density at radius 3 is 1.36 bits per heavy atom. The molecule has 380 valence electrons. The minimum absolute atomic E-state index is 0.0320. The van der Waals surface area contributed by atoms with Gasteiger partial charge in [-0.25, -0.2) is 4.57 Å². The van der Waals surface area contributed by atoms with Crippen molar-refractivity contribution in [3.05, 3.63) is 97.2 Å². The lowest BCUT2D eigenvalue weighted by molar-refractivity contribution is -0.870. The molecule has 9 heteroatoms. The molecule has 3 N–H and O–H groups in total. The fourth-order valence-electron chi connectivity index (χ4n) is 7.14. The van der Waals surface area contributed by atoms with E-state index in [2.05, 4.69) is 92.1 Å². The van der Waals surface area contributed by atoms with Crippen LogP contribution in [0, 0.1) is 0 Å². The van der Waals surface area contributed by atoms with E-state index in [0.717, 1.165) is 51.4 Å². The van der Waals surface area contributed by atoms with Gasteiger partial charge in [0.25, 0.3) is 0 Å². The Hall–Kier alpha value is -2.58. The summed E-state index contributed by atoms with van der Waals surface area (Å²) in [4.78, 5) is 23.1. The summed E-state index contributed by atoms with van der Waals surface area (Å²) in [6, 6.07) is -0.930. The van der Waals surface area contributed by atoms with Gasteiger partial charge in [0, 0.05) is 6.42 Å². The van der Waals surface area contributed by atoms with Crippen molar-refractivity contribution >= 4 is 13.7 Å². The van der Waals surface area contributed by atoms with Crippen LogP contribution < -0.4 is 5.32 Å². The van der Waals surface area contributed by atoms with Gasteiger partial charge in [-0.3, -0.25) is 13.8 Å². The van der Waals surface area contributed by atoms with E-state index in [1.807, 2.05) is 33.3 Å². The van der Waals surface area contributed by atoms with Gasteiger partial charge in [0.2, 0.25) is 5.91 Å². The quantitative estimate of drug-likeness (QED) is 0.0243. The monoisotopic (exact) mass is 942 g/mol. The first-order chi connectivity index (χ1) is 32.0. The van der Waals surface area contributed by atoms with Gasteiger partial charge in [0.1, 0.15) is 13.2 Å². The molecule has 0 aliphatic heterocycles. The number of carbonyl (C=O) groups excluding carboxylic acids is 1. The van der Waals surface area contributed by atoms with Crippen molar-refractivity contribution in [1.29, 1.82) is 0 Å². The van der Waals surface area contributed by atoms with Crippen LogP contribution in [-0.4, -0.2) is 73.4 Å². The van der Waals surface area contributed by atoms with Crippen LogP contribution in [0.25, 0.3) is 0 Å². The number of carbonyl (C=O) groups is 1. The number of phosphoric acid groups is 1. The van der Waals surface area contributed by atoms with Crippen LogP contribution in [0.4, 0.5) is 0 Å². The molecule has 8 nitrogen and oxygen atoms in total. The lowest BCUT2D eigenvalue weighted by atomic mass is 10.0. The average molecular weight is 942 g/mol. The standard InChI is InChI=1S/C57H101N2O6P/c1-6-8-10-12-14-16-18-20-22-23-24-25-26-27-28-29-30-31-32-33-34-35-37-38-40-42-44-46-48-50-56(60)55(54-65-66(62,63)64-53-52-59(3,4)5)58-57(61)51-49-47-45-43-41-39-36-21-19-17-15-13-11-9-7-2/h9,11,15,17,21,34-36,40-43,47-50,55-56,60H,6-8,10,12-14,16,18-20,22-33,37-39,44-46,51-54H2,1-5H3,(H-,58,61,62,63)/p+1/b11-9-,17-15-,35-34+,36-21-,42-40+,43-41-,49-47-,50-48+. The van der Waals surface area contributed by atoms with Crippen LogP contribution in [0.2, 0.25) is 0 Å². The fourth-order valence-corrected chi connectivity index (χ4v) is 7.88. The molecule has 0 saturated heterocycles. The minimum atomic E-state index is -4.39. The van der Waals surface area contributed by atoms with Gasteiger partial charge < -0.3 is 19.8 Å². The second kappa shape index (κ2) is 47.5. The molecule has 0 spiro atoms. The molecule has 0 fully saturated rings. The molecule has 0 aromatic rings. The van der Waals surface area contributed by atoms with Gasteiger partial charge in [-0.1, -0.05) is 227 Å². The summed E-state index contributed by atoms with van der Waals surface area (Å²) in [7, 11) is 1.48. The molecule has 0 aromatic heterocycles. The van der Waals surface area contributed by atoms with Gasteiger partial charge in [0.15, 0.2) is 0 Å². The zero-order chi connectivity index (χ0) is 48.5. The first kappa shape index (κ1) is 63.4. The fraction of sp³-hybridized carbons (Fsp3) is 0.702. The van der Waals surface area contributed by atoms with E-state index in [0.29, 0.717) is 17.4 Å². The van der Waals surface area contributed by atoms with Gasteiger partial charge in [-0.15, -0.1) is 0 Å². The van der Waals surface area contributed by atoms with Crippen molar-refractivity contribution in [2.24, 2.45) is 0 Å². The van der Waals surface area contributed by atoms with Crippen LogP contribution in [0.15, 0.2) is 97.2 Å². The van der Waals surface area contributed by atoms with E-state index < -0.39 is 20.0 Å². The minimum Gasteiger partial charge on any atom is -0.387 e. The molecule has 0 heterocycles. The summed E-state index contributed by atoms with van der Waals surface area (Å²) >= 11 is 0. The predicted octanol–water partition coefficient (Wildman–Crippen LogP) is 15.9. The Labute approximate surface area is 407 Å². The number of aliphatic hydroxyl groups is 1. The van der Waals surface area contributed by atoms with Crippen molar-refractivity contribution in [2.45, 2.75) is 219 Å². The summed E-state index contributed by atoms with van der Waals surface area (Å²) in [6.07, 6.45) is 68.4. The molecular weight excluding hydrogens is 840 g/mol. The number of nitrogens with zero attached hydrogens (tertiary/aromatic N) is 1. The summed E-state index contributed by atoms with van der Waals surface area (Å²) in [6.45, 7) is 4.59. The normalized spacial score (nSPS) is 14.8. The zero-order valence-corrected chi connectivity index (χ0v) is 44.0. The maximum absolute atomic E-state index is 12.8. The van der Waals surface area contributed by atoms with E-state index in [9.17, 15) is 19.4 Å². The molecule has 66 heavy (non-hydrogen) atoms. The molecule has 0 bridgehead atoms. The summed E-state index contributed by atoms with van der Waals surface area (Å²) in [5.74, 6) is -0.321. The Morgan fingerprint density at radius 1 is 0.530 bits per heavy atom. The Morgan fingerprint density at radius 2 is 0.924 bits per heavy atom. The second-order valence-corrected chi connectivity index (χ2v) is 20.3. The third kappa shape index (κ3) is 49.3. The number of nitrogens with one attached hydrogen (secondary N) is 1. The van der Waals surface area contributed by atoms with E-state index in [1.165, 1.54) is 128 Å². The van der Waals surface area contributed by atoms with Crippen LogP contribution in [0.5, 0.6) is 0 Å². The van der Waals surface area contributed by atoms with Crippen molar-refractivity contribution < 1.29 is 32.9 Å². The number of quaternary nitrogens is 1. The van der Waals surface area contributed by atoms with Crippen LogP contribution in [-0.2, 0) is 18.4 Å². The topological polar surface area (TPSA) is 105 Å². The van der Waals surface area contributed by atoms with Crippen LogP contribution in [0.1, 0.15) is 206 Å². The average Bonchev–Trinajstić information content (AvgIpc) is 3.28. The molecule has 3 unspecified atom stereocenters. The summed E-state index contributed by atoms with van der Waals surface area (Å²) in [5, 5.41) is 13.8. The number of hydrogen-bond donors (Lipinski definition) is 3. The molecule has 3 atom stereocenters. The third-order valence-electron chi connectivity index (χ3n) is 11.3. The van der Waals surface area contributed by atoms with E-state index in [4.69, 9.17) is 9.05 Å². The molecule has 1 amide bonds. The highest BCUT2D eigenvalue weighted by Gasteiger charge is 2.27. The summed E-state index contributed by atoms with van der Waals surface area (Å²) in [5.41, 5.74) is 0. The number of allylic oxidation sites excluding steroid dienone is 14. The smallest absolute Gasteiger partial charge is 0.387 e. The molecule has 0 saturated carbocycles. The van der Waals surface area contributed by atoms with Crippen molar-refractivity contribution in [1.82, 2.24) is 5.32 Å². The van der Waals surface area contributed by atoms with E-state index in [1.54, 1.807) is 12.2 Å². The highest BCUT2D eigenvalue weighted by molar-refractivity contribution is 7.47. The molecular formula is C57H102N2O6P+. The second-order valence-electron chi connectivity index (χ2n) is 18.9.